The number of hydrogen-bond acceptors (Lipinski definition) is 6. The van der Waals surface area contributed by atoms with Gasteiger partial charge < -0.3 is 9.84 Å². The molecular formula is C26H19ClFNO6. The summed E-state index contributed by atoms with van der Waals surface area (Å²) in [6.07, 6.45) is 4.61. The molecule has 178 valence electrons. The molecule has 7 nitrogen and oxygen atoms in total. The molecule has 0 aromatic heterocycles. The van der Waals surface area contributed by atoms with Gasteiger partial charge in [0.2, 0.25) is 0 Å². The smallest absolute Gasteiger partial charge is 0.276 e. The van der Waals surface area contributed by atoms with Crippen LogP contribution >= 0.6 is 11.6 Å². The lowest BCUT2D eigenvalue weighted by Crippen LogP contribution is -2.02. The second-order valence-electron chi connectivity index (χ2n) is 7.33. The lowest BCUT2D eigenvalue weighted by Gasteiger charge is -2.09. The first-order chi connectivity index (χ1) is 16.7. The number of allylic oxidation sites excluding steroid dienone is 2. The molecule has 35 heavy (non-hydrogen) atoms. The molecule has 0 saturated carbocycles. The third-order valence-corrected chi connectivity index (χ3v) is 5.15. The summed E-state index contributed by atoms with van der Waals surface area (Å²) in [7, 11) is 0. The Balaban J connectivity index is 1.68. The van der Waals surface area contributed by atoms with Crippen molar-refractivity contribution in [1.29, 1.82) is 0 Å². The summed E-state index contributed by atoms with van der Waals surface area (Å²) in [4.78, 5) is 35.0. The maximum Gasteiger partial charge on any atom is 0.276 e. The van der Waals surface area contributed by atoms with Crippen molar-refractivity contribution in [3.05, 3.63) is 110 Å². The van der Waals surface area contributed by atoms with Crippen molar-refractivity contribution < 1.29 is 28.7 Å². The van der Waals surface area contributed by atoms with Crippen LogP contribution in [0.4, 0.5) is 10.1 Å². The van der Waals surface area contributed by atoms with E-state index in [-0.39, 0.29) is 39.9 Å². The fourth-order valence-electron chi connectivity index (χ4n) is 2.99. The van der Waals surface area contributed by atoms with Gasteiger partial charge >= 0.3 is 0 Å². The first kappa shape index (κ1) is 25.3. The Morgan fingerprint density at radius 2 is 1.71 bits per heavy atom. The van der Waals surface area contributed by atoms with E-state index in [2.05, 4.69) is 0 Å². The van der Waals surface area contributed by atoms with Gasteiger partial charge in [0.1, 0.15) is 23.9 Å². The minimum absolute atomic E-state index is 0.0764. The number of nitro groups is 1. The molecule has 0 bridgehead atoms. The fraction of sp³-hybridized carbons (Fsp3) is 0.0769. The highest BCUT2D eigenvalue weighted by molar-refractivity contribution is 6.31. The zero-order chi connectivity index (χ0) is 25.4. The van der Waals surface area contributed by atoms with Gasteiger partial charge in [-0.15, -0.1) is 0 Å². The van der Waals surface area contributed by atoms with Crippen molar-refractivity contribution in [2.75, 3.05) is 0 Å². The molecule has 0 heterocycles. The van der Waals surface area contributed by atoms with Crippen molar-refractivity contribution in [1.82, 2.24) is 0 Å². The number of ketones is 2. The number of nitrogens with zero attached hydrogens (tertiary/aromatic N) is 1. The maximum atomic E-state index is 13.9. The molecule has 3 aromatic rings. The highest BCUT2D eigenvalue weighted by Gasteiger charge is 2.14. The van der Waals surface area contributed by atoms with Gasteiger partial charge in [0.05, 0.1) is 21.9 Å². The molecule has 0 aliphatic rings. The highest BCUT2D eigenvalue weighted by Crippen LogP contribution is 2.27. The average Bonchev–Trinajstić information content (AvgIpc) is 2.82. The molecule has 0 aliphatic carbocycles. The molecular weight excluding hydrogens is 477 g/mol. The van der Waals surface area contributed by atoms with E-state index in [0.29, 0.717) is 5.56 Å². The number of aromatic hydroxyl groups is 1. The summed E-state index contributed by atoms with van der Waals surface area (Å²) in [5.41, 5.74) is 0.610. The summed E-state index contributed by atoms with van der Waals surface area (Å²) in [6, 6.07) is 14.2. The van der Waals surface area contributed by atoms with Crippen LogP contribution in [0.3, 0.4) is 0 Å². The fourth-order valence-corrected chi connectivity index (χ4v) is 3.21. The summed E-state index contributed by atoms with van der Waals surface area (Å²) >= 11 is 5.98. The molecule has 3 rings (SSSR count). The lowest BCUT2D eigenvalue weighted by molar-refractivity contribution is -0.385. The number of phenols is 1. The first-order valence-electron chi connectivity index (χ1n) is 10.3. The van der Waals surface area contributed by atoms with E-state index >= 15 is 0 Å². The Morgan fingerprint density at radius 3 is 2.37 bits per heavy atom. The van der Waals surface area contributed by atoms with Gasteiger partial charge in [0.25, 0.3) is 5.69 Å². The van der Waals surface area contributed by atoms with E-state index < -0.39 is 28.7 Å². The number of nitro benzene ring substituents is 1. The second-order valence-corrected chi connectivity index (χ2v) is 7.74. The standard InChI is InChI=1S/C26H19ClFNO6/c27-24-2-1-3-25(28)23(24)16-35-22-12-13-26(29(33)34)18(14-22)7-11-21(32)15-20(31)10-6-17-4-8-19(30)9-5-17/h1-14,30H,15-16H2. The summed E-state index contributed by atoms with van der Waals surface area (Å²) in [6.45, 7) is -0.201. The summed E-state index contributed by atoms with van der Waals surface area (Å²) in [5.74, 6) is -1.26. The summed E-state index contributed by atoms with van der Waals surface area (Å²) < 4.78 is 19.5. The van der Waals surface area contributed by atoms with Crippen LogP contribution in [0.25, 0.3) is 12.2 Å². The molecule has 0 saturated heterocycles. The lowest BCUT2D eigenvalue weighted by atomic mass is 10.1. The highest BCUT2D eigenvalue weighted by atomic mass is 35.5. The van der Waals surface area contributed by atoms with E-state index in [1.807, 2.05) is 0 Å². The molecule has 0 unspecified atom stereocenters. The van der Waals surface area contributed by atoms with Crippen LogP contribution in [0.15, 0.2) is 72.8 Å². The quantitative estimate of drug-likeness (QED) is 0.162. The predicted octanol–water partition coefficient (Wildman–Crippen LogP) is 5.93. The average molecular weight is 496 g/mol. The topological polar surface area (TPSA) is 107 Å². The van der Waals surface area contributed by atoms with Crippen LogP contribution in [0, 0.1) is 15.9 Å². The normalized spacial score (nSPS) is 11.1. The van der Waals surface area contributed by atoms with Crippen LogP contribution in [0.2, 0.25) is 5.02 Å². The minimum atomic E-state index is -0.618. The number of ether oxygens (including phenoxy) is 1. The maximum absolute atomic E-state index is 13.9. The van der Waals surface area contributed by atoms with Crippen molar-refractivity contribution >= 4 is 41.0 Å². The summed E-state index contributed by atoms with van der Waals surface area (Å²) in [5, 5.41) is 20.8. The third kappa shape index (κ3) is 7.35. The van der Waals surface area contributed by atoms with E-state index in [9.17, 15) is 29.2 Å². The van der Waals surface area contributed by atoms with E-state index in [1.165, 1.54) is 66.8 Å². The molecule has 0 spiro atoms. The van der Waals surface area contributed by atoms with Crippen LogP contribution in [0.1, 0.15) is 23.1 Å². The van der Waals surface area contributed by atoms with E-state index in [4.69, 9.17) is 16.3 Å². The molecule has 1 N–H and O–H groups in total. The Labute approximate surface area is 204 Å². The number of benzene rings is 3. The Hall–Kier alpha value is -4.30. The van der Waals surface area contributed by atoms with E-state index in [0.717, 1.165) is 6.08 Å². The Morgan fingerprint density at radius 1 is 1.03 bits per heavy atom. The van der Waals surface area contributed by atoms with Gasteiger partial charge in [-0.3, -0.25) is 19.7 Å². The van der Waals surface area contributed by atoms with Crippen molar-refractivity contribution in [2.24, 2.45) is 0 Å². The molecule has 0 fully saturated rings. The molecule has 0 amide bonds. The van der Waals surface area contributed by atoms with Crippen molar-refractivity contribution in [3.63, 3.8) is 0 Å². The van der Waals surface area contributed by atoms with Gasteiger partial charge in [0, 0.05) is 11.6 Å². The Bertz CT molecular complexity index is 1300. The van der Waals surface area contributed by atoms with Gasteiger partial charge in [-0.05, 0) is 60.2 Å². The number of rotatable bonds is 10. The molecule has 0 aliphatic heterocycles. The van der Waals surface area contributed by atoms with Crippen LogP contribution in [0.5, 0.6) is 11.5 Å². The zero-order valence-corrected chi connectivity index (χ0v) is 18.9. The monoisotopic (exact) mass is 495 g/mol. The predicted molar refractivity (Wildman–Crippen MR) is 130 cm³/mol. The van der Waals surface area contributed by atoms with Gasteiger partial charge in [-0.1, -0.05) is 35.9 Å². The van der Waals surface area contributed by atoms with Crippen molar-refractivity contribution in [2.45, 2.75) is 13.0 Å². The zero-order valence-electron chi connectivity index (χ0n) is 18.2. The van der Waals surface area contributed by atoms with Crippen molar-refractivity contribution in [3.8, 4) is 11.5 Å². The second kappa shape index (κ2) is 11.7. The minimum Gasteiger partial charge on any atom is -0.508 e. The molecule has 0 radical (unpaired) electrons. The van der Waals surface area contributed by atoms with Crippen LogP contribution in [-0.4, -0.2) is 21.6 Å². The van der Waals surface area contributed by atoms with Gasteiger partial charge in [-0.25, -0.2) is 4.39 Å². The molecule has 0 atom stereocenters. The number of hydrogen-bond donors (Lipinski definition) is 1. The number of halogens is 2. The van der Waals surface area contributed by atoms with E-state index in [1.54, 1.807) is 12.1 Å². The molecule has 3 aromatic carbocycles. The van der Waals surface area contributed by atoms with Crippen LogP contribution < -0.4 is 4.74 Å². The van der Waals surface area contributed by atoms with Crippen LogP contribution in [-0.2, 0) is 16.2 Å². The van der Waals surface area contributed by atoms with Gasteiger partial charge in [0.15, 0.2) is 11.6 Å². The number of carbonyl (C=O) groups excluding carboxylic acids is 2. The first-order valence-corrected chi connectivity index (χ1v) is 10.7. The third-order valence-electron chi connectivity index (χ3n) is 4.79. The Kier molecular flexibility index (Phi) is 8.48. The molecule has 9 heteroatoms. The number of phenolic OH excluding ortho intramolecular Hbond substituents is 1. The largest absolute Gasteiger partial charge is 0.508 e. The number of carbonyl (C=O) groups is 2. The van der Waals surface area contributed by atoms with Gasteiger partial charge in [-0.2, -0.15) is 0 Å². The SMILES string of the molecule is O=C(C=Cc1ccc(O)cc1)CC(=O)C=Cc1cc(OCc2c(F)cccc2Cl)ccc1[N+](=O)[O-].